The lowest BCUT2D eigenvalue weighted by Gasteiger charge is -2.06. The van der Waals surface area contributed by atoms with Gasteiger partial charge in [-0.1, -0.05) is 24.3 Å². The molecule has 0 aliphatic rings. The molecule has 0 atom stereocenters. The molecule has 2 aromatic carbocycles. The molecule has 2 rings (SSSR count). The van der Waals surface area contributed by atoms with Crippen LogP contribution in [0.1, 0.15) is 5.56 Å². The van der Waals surface area contributed by atoms with Crippen molar-refractivity contribution < 1.29 is 10.0 Å². The van der Waals surface area contributed by atoms with Crippen molar-refractivity contribution in [3.8, 4) is 11.1 Å². The largest absolute Gasteiger partial charge is 0.392 e. The van der Waals surface area contributed by atoms with E-state index < -0.39 is 4.92 Å². The summed E-state index contributed by atoms with van der Waals surface area (Å²) in [6.45, 7) is -0.0485. The third-order valence-electron chi connectivity index (χ3n) is 2.58. The molecule has 86 valence electrons. The molecule has 0 saturated carbocycles. The molecule has 0 fully saturated rings. The molecule has 0 aliphatic carbocycles. The number of aliphatic hydroxyl groups excluding tert-OH is 1. The Bertz CT molecular complexity index is 535. The first-order chi connectivity index (χ1) is 8.22. The number of hydrogen-bond donors (Lipinski definition) is 1. The van der Waals surface area contributed by atoms with E-state index in [4.69, 9.17) is 0 Å². The van der Waals surface area contributed by atoms with Crippen molar-refractivity contribution >= 4 is 5.69 Å². The van der Waals surface area contributed by atoms with Gasteiger partial charge in [0.2, 0.25) is 0 Å². The van der Waals surface area contributed by atoms with Gasteiger partial charge in [-0.2, -0.15) is 0 Å². The van der Waals surface area contributed by atoms with Crippen LogP contribution in [0.4, 0.5) is 5.69 Å². The maximum absolute atomic E-state index is 10.5. The molecule has 0 radical (unpaired) electrons. The smallest absolute Gasteiger partial charge is 0.269 e. The van der Waals surface area contributed by atoms with E-state index in [2.05, 4.69) is 0 Å². The molecule has 0 unspecified atom stereocenters. The molecule has 0 spiro atoms. The highest BCUT2D eigenvalue weighted by Gasteiger charge is 2.07. The van der Waals surface area contributed by atoms with Crippen LogP contribution < -0.4 is 0 Å². The van der Waals surface area contributed by atoms with E-state index in [1.165, 1.54) is 12.1 Å². The lowest BCUT2D eigenvalue weighted by Crippen LogP contribution is -1.90. The van der Waals surface area contributed by atoms with Crippen LogP contribution in [-0.4, -0.2) is 10.0 Å². The molecule has 0 saturated heterocycles. The molecule has 0 heterocycles. The summed E-state index contributed by atoms with van der Waals surface area (Å²) in [4.78, 5) is 10.1. The molecule has 2 aromatic rings. The quantitative estimate of drug-likeness (QED) is 0.650. The van der Waals surface area contributed by atoms with Crippen molar-refractivity contribution in [1.82, 2.24) is 0 Å². The monoisotopic (exact) mass is 229 g/mol. The van der Waals surface area contributed by atoms with Crippen molar-refractivity contribution in [3.05, 3.63) is 64.2 Å². The molecule has 0 bridgehead atoms. The van der Waals surface area contributed by atoms with Gasteiger partial charge in [0, 0.05) is 12.1 Å². The van der Waals surface area contributed by atoms with E-state index in [0.717, 1.165) is 16.7 Å². The number of benzene rings is 2. The fraction of sp³-hybridized carbons (Fsp3) is 0.0769. The normalized spacial score (nSPS) is 10.2. The molecule has 4 nitrogen and oxygen atoms in total. The Labute approximate surface area is 98.3 Å². The predicted molar refractivity (Wildman–Crippen MR) is 64.5 cm³/mol. The zero-order chi connectivity index (χ0) is 12.3. The molecule has 0 amide bonds. The number of nitrogens with zero attached hydrogens (tertiary/aromatic N) is 1. The second-order valence-corrected chi connectivity index (χ2v) is 3.62. The van der Waals surface area contributed by atoms with Crippen molar-refractivity contribution in [2.45, 2.75) is 6.61 Å². The minimum atomic E-state index is -0.429. The van der Waals surface area contributed by atoms with E-state index in [-0.39, 0.29) is 12.3 Å². The third-order valence-corrected chi connectivity index (χ3v) is 2.58. The molecular formula is C13H11NO3. The zero-order valence-electron chi connectivity index (χ0n) is 9.04. The second kappa shape index (κ2) is 4.76. The first-order valence-corrected chi connectivity index (χ1v) is 5.16. The van der Waals surface area contributed by atoms with E-state index >= 15 is 0 Å². The summed E-state index contributed by atoms with van der Waals surface area (Å²) < 4.78 is 0. The first kappa shape index (κ1) is 11.3. The van der Waals surface area contributed by atoms with Gasteiger partial charge in [-0.3, -0.25) is 10.1 Å². The third kappa shape index (κ3) is 2.32. The van der Waals surface area contributed by atoms with Crippen LogP contribution in [0.15, 0.2) is 48.5 Å². The van der Waals surface area contributed by atoms with Gasteiger partial charge in [0.25, 0.3) is 5.69 Å². The van der Waals surface area contributed by atoms with Crippen LogP contribution in [-0.2, 0) is 6.61 Å². The van der Waals surface area contributed by atoms with Gasteiger partial charge >= 0.3 is 0 Å². The van der Waals surface area contributed by atoms with Crippen molar-refractivity contribution in [2.24, 2.45) is 0 Å². The predicted octanol–water partition coefficient (Wildman–Crippen LogP) is 2.75. The Hall–Kier alpha value is -2.20. The van der Waals surface area contributed by atoms with Crippen molar-refractivity contribution in [3.63, 3.8) is 0 Å². The number of nitro groups is 1. The SMILES string of the molecule is O=[N+]([O-])c1ccc(-c2ccccc2CO)cc1. The standard InChI is InChI=1S/C13H11NO3/c15-9-11-3-1-2-4-13(11)10-5-7-12(8-6-10)14(16)17/h1-8,15H,9H2. The van der Waals surface area contributed by atoms with E-state index in [1.807, 2.05) is 24.3 Å². The lowest BCUT2D eigenvalue weighted by atomic mass is 10.00. The summed E-state index contributed by atoms with van der Waals surface area (Å²) in [6, 6.07) is 13.7. The van der Waals surface area contributed by atoms with Crippen LogP contribution in [0.2, 0.25) is 0 Å². The number of hydrogen-bond acceptors (Lipinski definition) is 3. The molecular weight excluding hydrogens is 218 g/mol. The van der Waals surface area contributed by atoms with Crippen LogP contribution in [0.3, 0.4) is 0 Å². The summed E-state index contributed by atoms with van der Waals surface area (Å²) in [7, 11) is 0. The van der Waals surface area contributed by atoms with E-state index in [9.17, 15) is 15.2 Å². The lowest BCUT2D eigenvalue weighted by molar-refractivity contribution is -0.384. The molecule has 17 heavy (non-hydrogen) atoms. The fourth-order valence-corrected chi connectivity index (χ4v) is 1.70. The zero-order valence-corrected chi connectivity index (χ0v) is 9.04. The van der Waals surface area contributed by atoms with Crippen molar-refractivity contribution in [2.75, 3.05) is 0 Å². The van der Waals surface area contributed by atoms with Gasteiger partial charge in [-0.25, -0.2) is 0 Å². The maximum atomic E-state index is 10.5. The van der Waals surface area contributed by atoms with E-state index in [0.29, 0.717) is 0 Å². The summed E-state index contributed by atoms with van der Waals surface area (Å²) in [5.41, 5.74) is 2.63. The molecule has 1 N–H and O–H groups in total. The maximum Gasteiger partial charge on any atom is 0.269 e. The van der Waals surface area contributed by atoms with Crippen LogP contribution in [0.25, 0.3) is 11.1 Å². The van der Waals surface area contributed by atoms with Gasteiger partial charge < -0.3 is 5.11 Å². The number of nitro benzene ring substituents is 1. The van der Waals surface area contributed by atoms with Gasteiger partial charge in [0.15, 0.2) is 0 Å². The number of rotatable bonds is 3. The molecule has 0 aliphatic heterocycles. The Balaban J connectivity index is 2.43. The number of aliphatic hydroxyl groups is 1. The first-order valence-electron chi connectivity index (χ1n) is 5.16. The van der Waals surface area contributed by atoms with Gasteiger partial charge in [-0.15, -0.1) is 0 Å². The average molecular weight is 229 g/mol. The second-order valence-electron chi connectivity index (χ2n) is 3.62. The van der Waals surface area contributed by atoms with Crippen LogP contribution >= 0.6 is 0 Å². The summed E-state index contributed by atoms with van der Waals surface area (Å²) in [5, 5.41) is 19.8. The summed E-state index contributed by atoms with van der Waals surface area (Å²) in [5.74, 6) is 0. The Kier molecular flexibility index (Phi) is 3.16. The molecule has 0 aromatic heterocycles. The topological polar surface area (TPSA) is 63.4 Å². The van der Waals surface area contributed by atoms with Gasteiger partial charge in [0.05, 0.1) is 11.5 Å². The Morgan fingerprint density at radius 2 is 1.71 bits per heavy atom. The summed E-state index contributed by atoms with van der Waals surface area (Å²) in [6.07, 6.45) is 0. The van der Waals surface area contributed by atoms with Crippen LogP contribution in [0.5, 0.6) is 0 Å². The molecule has 4 heteroatoms. The average Bonchev–Trinajstić information content (AvgIpc) is 2.39. The Morgan fingerprint density at radius 1 is 1.06 bits per heavy atom. The van der Waals surface area contributed by atoms with Gasteiger partial charge in [0.1, 0.15) is 0 Å². The summed E-state index contributed by atoms with van der Waals surface area (Å²) >= 11 is 0. The van der Waals surface area contributed by atoms with Crippen molar-refractivity contribution in [1.29, 1.82) is 0 Å². The Morgan fingerprint density at radius 3 is 2.29 bits per heavy atom. The highest BCUT2D eigenvalue weighted by atomic mass is 16.6. The minimum Gasteiger partial charge on any atom is -0.392 e. The van der Waals surface area contributed by atoms with E-state index in [1.54, 1.807) is 12.1 Å². The highest BCUT2D eigenvalue weighted by molar-refractivity contribution is 5.68. The van der Waals surface area contributed by atoms with Crippen LogP contribution in [0, 0.1) is 10.1 Å². The minimum absolute atomic E-state index is 0.0485. The number of non-ortho nitro benzene ring substituents is 1. The fourth-order valence-electron chi connectivity index (χ4n) is 1.70. The van der Waals surface area contributed by atoms with Gasteiger partial charge in [-0.05, 0) is 28.8 Å². The highest BCUT2D eigenvalue weighted by Crippen LogP contribution is 2.25.